The summed E-state index contributed by atoms with van der Waals surface area (Å²) in [5.41, 5.74) is 1.23. The molecular formula is C17H26N2O. The van der Waals surface area contributed by atoms with E-state index in [9.17, 15) is 4.79 Å². The van der Waals surface area contributed by atoms with Crippen molar-refractivity contribution in [2.75, 3.05) is 19.6 Å². The number of likely N-dealkylation sites (tertiary alicyclic amines) is 1. The number of carbonyl (C=O) groups excluding carboxylic acids is 1. The number of amides is 1. The van der Waals surface area contributed by atoms with Gasteiger partial charge in [0.15, 0.2) is 0 Å². The third-order valence-electron chi connectivity index (χ3n) is 4.22. The van der Waals surface area contributed by atoms with Crippen LogP contribution < -0.4 is 5.32 Å². The zero-order valence-electron chi connectivity index (χ0n) is 12.6. The number of nitrogens with zero attached hydrogens (tertiary/aromatic N) is 1. The van der Waals surface area contributed by atoms with Crippen molar-refractivity contribution in [3.05, 3.63) is 35.9 Å². The average Bonchev–Trinajstić information content (AvgIpc) is 3.00. The highest BCUT2D eigenvalue weighted by Gasteiger charge is 2.18. The summed E-state index contributed by atoms with van der Waals surface area (Å²) in [4.78, 5) is 14.5. The van der Waals surface area contributed by atoms with Crippen molar-refractivity contribution in [1.29, 1.82) is 0 Å². The summed E-state index contributed by atoms with van der Waals surface area (Å²) in [6.45, 7) is 7.43. The normalized spacial score (nSPS) is 18.7. The molecule has 1 aromatic carbocycles. The maximum atomic E-state index is 12.0. The van der Waals surface area contributed by atoms with Gasteiger partial charge in [-0.15, -0.1) is 0 Å². The van der Waals surface area contributed by atoms with Gasteiger partial charge >= 0.3 is 0 Å². The van der Waals surface area contributed by atoms with Crippen molar-refractivity contribution in [2.45, 2.75) is 45.1 Å². The highest BCUT2D eigenvalue weighted by Crippen LogP contribution is 2.18. The molecule has 3 heteroatoms. The van der Waals surface area contributed by atoms with Crippen LogP contribution in [0.2, 0.25) is 0 Å². The standard InChI is InChI=1S/C17H26N2O/c1-14(16-8-4-3-5-9-16)12-17(20)18-13-15(2)19-10-6-7-11-19/h3-5,8-9,14-15H,6-7,10-13H2,1-2H3,(H,18,20)/t14-,15-/m0/s1. The Morgan fingerprint density at radius 1 is 1.20 bits per heavy atom. The first-order chi connectivity index (χ1) is 9.66. The Bertz CT molecular complexity index is 412. The van der Waals surface area contributed by atoms with Crippen molar-refractivity contribution in [1.82, 2.24) is 10.2 Å². The van der Waals surface area contributed by atoms with E-state index in [2.05, 4.69) is 36.2 Å². The summed E-state index contributed by atoms with van der Waals surface area (Å²) >= 11 is 0. The first-order valence-corrected chi connectivity index (χ1v) is 7.72. The molecule has 1 N–H and O–H groups in total. The van der Waals surface area contributed by atoms with E-state index in [4.69, 9.17) is 0 Å². The van der Waals surface area contributed by atoms with Crippen LogP contribution in [0, 0.1) is 0 Å². The minimum absolute atomic E-state index is 0.160. The lowest BCUT2D eigenvalue weighted by atomic mass is 9.97. The van der Waals surface area contributed by atoms with E-state index in [1.807, 2.05) is 18.2 Å². The predicted molar refractivity (Wildman–Crippen MR) is 82.8 cm³/mol. The number of carbonyl (C=O) groups is 1. The van der Waals surface area contributed by atoms with Crippen LogP contribution in [-0.4, -0.2) is 36.5 Å². The molecule has 0 radical (unpaired) electrons. The molecular weight excluding hydrogens is 248 g/mol. The average molecular weight is 274 g/mol. The molecule has 110 valence electrons. The lowest BCUT2D eigenvalue weighted by molar-refractivity contribution is -0.121. The molecule has 0 spiro atoms. The van der Waals surface area contributed by atoms with Gasteiger partial charge in [0, 0.05) is 19.0 Å². The van der Waals surface area contributed by atoms with E-state index in [0.29, 0.717) is 12.5 Å². The highest BCUT2D eigenvalue weighted by atomic mass is 16.1. The van der Waals surface area contributed by atoms with E-state index in [0.717, 1.165) is 6.54 Å². The molecule has 1 aliphatic heterocycles. The van der Waals surface area contributed by atoms with Crippen LogP contribution >= 0.6 is 0 Å². The second kappa shape index (κ2) is 7.44. The number of hydrogen-bond acceptors (Lipinski definition) is 2. The van der Waals surface area contributed by atoms with Crippen LogP contribution in [0.25, 0.3) is 0 Å². The second-order valence-corrected chi connectivity index (χ2v) is 5.91. The van der Waals surface area contributed by atoms with Crippen molar-refractivity contribution in [3.63, 3.8) is 0 Å². The summed E-state index contributed by atoms with van der Waals surface area (Å²) in [5, 5.41) is 3.08. The molecule has 1 saturated heterocycles. The fourth-order valence-electron chi connectivity index (χ4n) is 2.82. The summed E-state index contributed by atoms with van der Waals surface area (Å²) in [6, 6.07) is 10.7. The lowest BCUT2D eigenvalue weighted by Crippen LogP contribution is -2.40. The first kappa shape index (κ1) is 15.0. The van der Waals surface area contributed by atoms with Gasteiger partial charge in [0.25, 0.3) is 0 Å². The van der Waals surface area contributed by atoms with Gasteiger partial charge in [-0.3, -0.25) is 9.69 Å². The van der Waals surface area contributed by atoms with Gasteiger partial charge in [0.1, 0.15) is 0 Å². The monoisotopic (exact) mass is 274 g/mol. The van der Waals surface area contributed by atoms with Crippen LogP contribution in [0.5, 0.6) is 0 Å². The number of rotatable bonds is 6. The summed E-state index contributed by atoms with van der Waals surface area (Å²) in [7, 11) is 0. The van der Waals surface area contributed by atoms with E-state index < -0.39 is 0 Å². The first-order valence-electron chi connectivity index (χ1n) is 7.72. The van der Waals surface area contributed by atoms with Crippen molar-refractivity contribution < 1.29 is 4.79 Å². The van der Waals surface area contributed by atoms with E-state index in [1.165, 1.54) is 31.5 Å². The maximum Gasteiger partial charge on any atom is 0.220 e. The van der Waals surface area contributed by atoms with Crippen LogP contribution in [0.4, 0.5) is 0 Å². The van der Waals surface area contributed by atoms with Gasteiger partial charge in [-0.1, -0.05) is 37.3 Å². The summed E-state index contributed by atoms with van der Waals surface area (Å²) in [5.74, 6) is 0.436. The van der Waals surface area contributed by atoms with Crippen LogP contribution in [0.3, 0.4) is 0 Å². The van der Waals surface area contributed by atoms with Gasteiger partial charge in [-0.25, -0.2) is 0 Å². The zero-order chi connectivity index (χ0) is 14.4. The Morgan fingerprint density at radius 2 is 1.85 bits per heavy atom. The fourth-order valence-corrected chi connectivity index (χ4v) is 2.82. The minimum atomic E-state index is 0.160. The molecule has 1 fully saturated rings. The van der Waals surface area contributed by atoms with Crippen LogP contribution in [-0.2, 0) is 4.79 Å². The Kier molecular flexibility index (Phi) is 5.60. The molecule has 0 bridgehead atoms. The van der Waals surface area contributed by atoms with Crippen LogP contribution in [0.15, 0.2) is 30.3 Å². The maximum absolute atomic E-state index is 12.0. The lowest BCUT2D eigenvalue weighted by Gasteiger charge is -2.24. The highest BCUT2D eigenvalue weighted by molar-refractivity contribution is 5.76. The summed E-state index contributed by atoms with van der Waals surface area (Å²) < 4.78 is 0. The minimum Gasteiger partial charge on any atom is -0.355 e. The molecule has 2 atom stereocenters. The van der Waals surface area contributed by atoms with Gasteiger partial charge < -0.3 is 5.32 Å². The molecule has 20 heavy (non-hydrogen) atoms. The molecule has 0 unspecified atom stereocenters. The molecule has 0 saturated carbocycles. The van der Waals surface area contributed by atoms with E-state index in [-0.39, 0.29) is 11.8 Å². The van der Waals surface area contributed by atoms with Gasteiger partial charge in [-0.2, -0.15) is 0 Å². The Hall–Kier alpha value is -1.35. The number of nitrogens with one attached hydrogen (secondary N) is 1. The quantitative estimate of drug-likeness (QED) is 0.865. The number of hydrogen-bond donors (Lipinski definition) is 1. The van der Waals surface area contributed by atoms with Crippen molar-refractivity contribution >= 4 is 5.91 Å². The van der Waals surface area contributed by atoms with E-state index >= 15 is 0 Å². The SMILES string of the molecule is C[C@@H](CC(=O)NC[C@H](C)N1CCCC1)c1ccccc1. The zero-order valence-corrected chi connectivity index (χ0v) is 12.6. The topological polar surface area (TPSA) is 32.3 Å². The third-order valence-corrected chi connectivity index (χ3v) is 4.22. The Labute approximate surface area is 122 Å². The Balaban J connectivity index is 1.72. The smallest absolute Gasteiger partial charge is 0.220 e. The molecule has 1 heterocycles. The molecule has 1 aliphatic rings. The second-order valence-electron chi connectivity index (χ2n) is 5.91. The molecule has 0 aromatic heterocycles. The van der Waals surface area contributed by atoms with Gasteiger partial charge in [0.2, 0.25) is 5.91 Å². The van der Waals surface area contributed by atoms with Crippen molar-refractivity contribution in [2.24, 2.45) is 0 Å². The van der Waals surface area contributed by atoms with Gasteiger partial charge in [0.05, 0.1) is 0 Å². The molecule has 2 rings (SSSR count). The van der Waals surface area contributed by atoms with Gasteiger partial charge in [-0.05, 0) is 44.3 Å². The number of benzene rings is 1. The molecule has 0 aliphatic carbocycles. The van der Waals surface area contributed by atoms with Crippen LogP contribution in [0.1, 0.15) is 44.6 Å². The fraction of sp³-hybridized carbons (Fsp3) is 0.588. The largest absolute Gasteiger partial charge is 0.355 e. The molecule has 1 aromatic rings. The third kappa shape index (κ3) is 4.34. The Morgan fingerprint density at radius 3 is 2.50 bits per heavy atom. The van der Waals surface area contributed by atoms with Crippen molar-refractivity contribution in [3.8, 4) is 0 Å². The predicted octanol–water partition coefficient (Wildman–Crippen LogP) is 2.78. The van der Waals surface area contributed by atoms with E-state index in [1.54, 1.807) is 0 Å². The molecule has 1 amide bonds. The summed E-state index contributed by atoms with van der Waals surface area (Å²) in [6.07, 6.45) is 3.16. The molecule has 3 nitrogen and oxygen atoms in total.